The minimum Gasteiger partial charge on any atom is -0.385 e. The van der Waals surface area contributed by atoms with Gasteiger partial charge in [0.25, 0.3) is 0 Å². The van der Waals surface area contributed by atoms with E-state index in [4.69, 9.17) is 0 Å². The fraction of sp³-hybridized carbons (Fsp3) is 0.562. The van der Waals surface area contributed by atoms with E-state index in [0.29, 0.717) is 17.8 Å². The molecule has 0 spiro atoms. The highest BCUT2D eigenvalue weighted by Crippen LogP contribution is 2.36. The van der Waals surface area contributed by atoms with Crippen LogP contribution in [0.15, 0.2) is 24.5 Å². The van der Waals surface area contributed by atoms with Crippen molar-refractivity contribution in [3.05, 3.63) is 41.4 Å². The lowest BCUT2D eigenvalue weighted by atomic mass is 9.79. The molecule has 0 radical (unpaired) electrons. The van der Waals surface area contributed by atoms with E-state index in [9.17, 15) is 0 Å². The molecule has 1 aromatic heterocycles. The summed E-state index contributed by atoms with van der Waals surface area (Å²) in [6.07, 6.45) is 7.38. The van der Waals surface area contributed by atoms with E-state index in [1.807, 2.05) is 6.20 Å². The SMILES string of the molecule is CC(C)c1ccnc2c1C(C(C)C)C/C=C\NC2. The molecule has 1 aliphatic heterocycles. The van der Waals surface area contributed by atoms with Crippen molar-refractivity contribution >= 4 is 0 Å². The topological polar surface area (TPSA) is 24.9 Å². The molecule has 1 aromatic rings. The summed E-state index contributed by atoms with van der Waals surface area (Å²) in [6, 6.07) is 2.20. The van der Waals surface area contributed by atoms with E-state index in [1.165, 1.54) is 16.8 Å². The lowest BCUT2D eigenvalue weighted by Gasteiger charge is -2.28. The maximum Gasteiger partial charge on any atom is 0.0632 e. The van der Waals surface area contributed by atoms with Gasteiger partial charge >= 0.3 is 0 Å². The van der Waals surface area contributed by atoms with Gasteiger partial charge in [-0.3, -0.25) is 4.98 Å². The molecule has 0 saturated heterocycles. The molecule has 1 atom stereocenters. The number of allylic oxidation sites excluding steroid dienone is 1. The molecule has 0 aromatic carbocycles. The second-order valence-electron chi connectivity index (χ2n) is 5.78. The molecule has 0 aliphatic carbocycles. The first kappa shape index (κ1) is 13.1. The lowest BCUT2D eigenvalue weighted by Crippen LogP contribution is -2.19. The van der Waals surface area contributed by atoms with E-state index >= 15 is 0 Å². The summed E-state index contributed by atoms with van der Waals surface area (Å²) in [5, 5.41) is 3.33. The van der Waals surface area contributed by atoms with Gasteiger partial charge in [-0.2, -0.15) is 0 Å². The van der Waals surface area contributed by atoms with E-state index in [0.717, 1.165) is 13.0 Å². The highest BCUT2D eigenvalue weighted by Gasteiger charge is 2.23. The molecule has 18 heavy (non-hydrogen) atoms. The normalized spacial score (nSPS) is 21.1. The van der Waals surface area contributed by atoms with Gasteiger partial charge in [-0.15, -0.1) is 0 Å². The van der Waals surface area contributed by atoms with Crippen LogP contribution in [-0.4, -0.2) is 4.98 Å². The van der Waals surface area contributed by atoms with Crippen molar-refractivity contribution in [1.29, 1.82) is 0 Å². The molecular formula is C16H24N2. The molecule has 1 N–H and O–H groups in total. The van der Waals surface area contributed by atoms with E-state index < -0.39 is 0 Å². The Bertz CT molecular complexity index is 433. The van der Waals surface area contributed by atoms with E-state index in [1.54, 1.807) is 0 Å². The Hall–Kier alpha value is -1.31. The van der Waals surface area contributed by atoms with Gasteiger partial charge in [0.15, 0.2) is 0 Å². The first-order valence-electron chi connectivity index (χ1n) is 6.97. The van der Waals surface area contributed by atoms with Gasteiger partial charge in [0.05, 0.1) is 12.2 Å². The highest BCUT2D eigenvalue weighted by atomic mass is 14.9. The molecule has 2 rings (SSSR count). The predicted molar refractivity (Wildman–Crippen MR) is 76.5 cm³/mol. The number of pyridine rings is 1. The zero-order valence-electron chi connectivity index (χ0n) is 11.9. The van der Waals surface area contributed by atoms with Crippen molar-refractivity contribution in [1.82, 2.24) is 10.3 Å². The van der Waals surface area contributed by atoms with Gasteiger partial charge in [0.2, 0.25) is 0 Å². The van der Waals surface area contributed by atoms with Gasteiger partial charge in [0, 0.05) is 6.20 Å². The Balaban J connectivity index is 2.54. The molecule has 1 aliphatic rings. The molecular weight excluding hydrogens is 220 g/mol. The number of hydrogen-bond acceptors (Lipinski definition) is 2. The quantitative estimate of drug-likeness (QED) is 0.852. The number of fused-ring (bicyclic) bond motifs is 1. The Kier molecular flexibility index (Phi) is 4.05. The molecule has 2 heteroatoms. The third-order valence-corrected chi connectivity index (χ3v) is 3.80. The number of rotatable bonds is 2. The minimum absolute atomic E-state index is 0.561. The third kappa shape index (κ3) is 2.58. The maximum atomic E-state index is 4.60. The van der Waals surface area contributed by atoms with Crippen LogP contribution in [0.1, 0.15) is 62.8 Å². The molecule has 2 nitrogen and oxygen atoms in total. The summed E-state index contributed by atoms with van der Waals surface area (Å²) in [7, 11) is 0. The van der Waals surface area contributed by atoms with Crippen LogP contribution in [0.25, 0.3) is 0 Å². The van der Waals surface area contributed by atoms with Gasteiger partial charge < -0.3 is 5.32 Å². The first-order valence-corrected chi connectivity index (χ1v) is 6.97. The second kappa shape index (κ2) is 5.55. The van der Waals surface area contributed by atoms with Crippen molar-refractivity contribution in [2.75, 3.05) is 0 Å². The molecule has 0 bridgehead atoms. The van der Waals surface area contributed by atoms with Crippen LogP contribution < -0.4 is 5.32 Å². The van der Waals surface area contributed by atoms with E-state index in [-0.39, 0.29) is 0 Å². The zero-order chi connectivity index (χ0) is 13.1. The van der Waals surface area contributed by atoms with Crippen molar-refractivity contribution in [3.8, 4) is 0 Å². The maximum absolute atomic E-state index is 4.60. The second-order valence-corrected chi connectivity index (χ2v) is 5.78. The van der Waals surface area contributed by atoms with Crippen LogP contribution in [0.5, 0.6) is 0 Å². The fourth-order valence-electron chi connectivity index (χ4n) is 2.78. The summed E-state index contributed by atoms with van der Waals surface area (Å²) in [5.41, 5.74) is 4.18. The minimum atomic E-state index is 0.561. The molecule has 1 unspecified atom stereocenters. The van der Waals surface area contributed by atoms with Crippen molar-refractivity contribution in [2.45, 2.75) is 52.5 Å². The number of nitrogens with zero attached hydrogens (tertiary/aromatic N) is 1. The summed E-state index contributed by atoms with van der Waals surface area (Å²) < 4.78 is 0. The summed E-state index contributed by atoms with van der Waals surface area (Å²) >= 11 is 0. The van der Waals surface area contributed by atoms with Crippen LogP contribution in [-0.2, 0) is 6.54 Å². The van der Waals surface area contributed by atoms with Crippen molar-refractivity contribution < 1.29 is 0 Å². The Morgan fingerprint density at radius 3 is 2.72 bits per heavy atom. The number of aromatic nitrogens is 1. The fourth-order valence-corrected chi connectivity index (χ4v) is 2.78. The largest absolute Gasteiger partial charge is 0.385 e. The molecule has 98 valence electrons. The predicted octanol–water partition coefficient (Wildman–Crippen LogP) is 3.95. The smallest absolute Gasteiger partial charge is 0.0632 e. The standard InChI is InChI=1S/C16H24N2/c1-11(2)13-6-5-8-17-10-15-16(13)14(12(3)4)7-9-18-15/h5,7-9,11-13,17H,6,10H2,1-4H3/b8-5-. The van der Waals surface area contributed by atoms with Gasteiger partial charge in [-0.25, -0.2) is 0 Å². The van der Waals surface area contributed by atoms with Crippen LogP contribution >= 0.6 is 0 Å². The lowest BCUT2D eigenvalue weighted by molar-refractivity contribution is 0.485. The van der Waals surface area contributed by atoms with Crippen LogP contribution in [0, 0.1) is 5.92 Å². The van der Waals surface area contributed by atoms with Crippen LogP contribution in [0.2, 0.25) is 0 Å². The zero-order valence-corrected chi connectivity index (χ0v) is 11.9. The van der Waals surface area contributed by atoms with Crippen molar-refractivity contribution in [3.63, 3.8) is 0 Å². The average molecular weight is 244 g/mol. The van der Waals surface area contributed by atoms with Crippen LogP contribution in [0.4, 0.5) is 0 Å². The van der Waals surface area contributed by atoms with Gasteiger partial charge in [-0.1, -0.05) is 33.8 Å². The van der Waals surface area contributed by atoms with Crippen LogP contribution in [0.3, 0.4) is 0 Å². The average Bonchev–Trinajstić information content (AvgIpc) is 2.28. The summed E-state index contributed by atoms with van der Waals surface area (Å²) in [4.78, 5) is 4.60. The molecule has 0 fully saturated rings. The Morgan fingerprint density at radius 2 is 2.06 bits per heavy atom. The highest BCUT2D eigenvalue weighted by molar-refractivity contribution is 5.37. The summed E-state index contributed by atoms with van der Waals surface area (Å²) in [5.74, 6) is 1.80. The number of nitrogens with one attached hydrogen (secondary N) is 1. The van der Waals surface area contributed by atoms with Gasteiger partial charge in [0.1, 0.15) is 0 Å². The number of hydrogen-bond donors (Lipinski definition) is 1. The van der Waals surface area contributed by atoms with Crippen molar-refractivity contribution in [2.24, 2.45) is 5.92 Å². The summed E-state index contributed by atoms with van der Waals surface area (Å²) in [6.45, 7) is 10.0. The first-order chi connectivity index (χ1) is 8.61. The Labute approximate surface area is 111 Å². The van der Waals surface area contributed by atoms with Gasteiger partial charge in [-0.05, 0) is 47.6 Å². The van der Waals surface area contributed by atoms with E-state index in [2.05, 4.69) is 56.3 Å². The molecule has 0 saturated carbocycles. The Morgan fingerprint density at radius 1 is 1.28 bits per heavy atom. The molecule has 0 amide bonds. The molecule has 2 heterocycles. The third-order valence-electron chi connectivity index (χ3n) is 3.80. The monoisotopic (exact) mass is 244 g/mol.